The Hall–Kier alpha value is -7.88. The van der Waals surface area contributed by atoms with Crippen LogP contribution in [-0.2, 0) is 0 Å². The van der Waals surface area contributed by atoms with Crippen LogP contribution < -0.4 is 0 Å². The summed E-state index contributed by atoms with van der Waals surface area (Å²) in [6.07, 6.45) is 3.56. The van der Waals surface area contributed by atoms with E-state index in [4.69, 9.17) is 9.97 Å². The summed E-state index contributed by atoms with van der Waals surface area (Å²) >= 11 is 0. The molecule has 12 aromatic rings. The van der Waals surface area contributed by atoms with Crippen molar-refractivity contribution in [1.29, 1.82) is 0 Å². The first-order chi connectivity index (χ1) is 29.3. The molecule has 0 aliphatic rings. The Balaban J connectivity index is 0.935. The van der Waals surface area contributed by atoms with Crippen LogP contribution in [0.25, 0.3) is 115 Å². The summed E-state index contributed by atoms with van der Waals surface area (Å²) in [6.45, 7) is 0. The first-order valence-electron chi connectivity index (χ1n) is 20.1. The molecule has 10 aromatic carbocycles. The minimum atomic E-state index is 0.937. The van der Waals surface area contributed by atoms with Crippen LogP contribution in [0.5, 0.6) is 0 Å². The van der Waals surface area contributed by atoms with Gasteiger partial charge >= 0.3 is 0 Å². The molecule has 0 saturated heterocycles. The van der Waals surface area contributed by atoms with Crippen molar-refractivity contribution in [3.8, 4) is 50.2 Å². The summed E-state index contributed by atoms with van der Waals surface area (Å²) in [6, 6.07) is 72.9. The second-order valence-electron chi connectivity index (χ2n) is 15.3. The number of rotatable bonds is 5. The standard InChI is InChI=1S/C56H35N3/c1-2-16-42(17-3-1)59-53-25-7-6-19-48(53)52-35-41(27-29-54(52)59)44-22-11-23-45-43(21-10-24-46(44)45)40-15-9-14-38(33-40)36-12-8-13-37(32-36)39-26-28-50-51(34-39)47-18-4-5-20-49(47)55-56(50)58-31-30-57-55/h1-35H. The van der Waals surface area contributed by atoms with Crippen LogP contribution in [0.4, 0.5) is 0 Å². The Bertz CT molecular complexity index is 3580. The second kappa shape index (κ2) is 13.4. The van der Waals surface area contributed by atoms with Crippen molar-refractivity contribution in [2.24, 2.45) is 0 Å². The molecule has 0 spiro atoms. The van der Waals surface area contributed by atoms with Crippen LogP contribution >= 0.6 is 0 Å². The lowest BCUT2D eigenvalue weighted by Crippen LogP contribution is -1.92. The van der Waals surface area contributed by atoms with Gasteiger partial charge in [0.2, 0.25) is 0 Å². The van der Waals surface area contributed by atoms with Gasteiger partial charge in [0, 0.05) is 39.6 Å². The van der Waals surface area contributed by atoms with Crippen molar-refractivity contribution in [2.75, 3.05) is 0 Å². The molecule has 0 fully saturated rings. The number of hydrogen-bond acceptors (Lipinski definition) is 2. The lowest BCUT2D eigenvalue weighted by atomic mass is 9.91. The van der Waals surface area contributed by atoms with E-state index in [0.717, 1.165) is 21.8 Å². The van der Waals surface area contributed by atoms with E-state index in [2.05, 4.69) is 205 Å². The van der Waals surface area contributed by atoms with Gasteiger partial charge in [0.05, 0.1) is 22.1 Å². The van der Waals surface area contributed by atoms with E-state index in [9.17, 15) is 0 Å². The molecule has 0 aliphatic heterocycles. The van der Waals surface area contributed by atoms with Gasteiger partial charge in [0.15, 0.2) is 0 Å². The molecule has 3 nitrogen and oxygen atoms in total. The molecule has 2 aromatic heterocycles. The number of fused-ring (bicyclic) bond motifs is 10. The molecule has 0 saturated carbocycles. The minimum Gasteiger partial charge on any atom is -0.309 e. The molecular formula is C56H35N3. The van der Waals surface area contributed by atoms with E-state index in [1.807, 2.05) is 0 Å². The molecule has 0 N–H and O–H groups in total. The highest BCUT2D eigenvalue weighted by atomic mass is 15.0. The maximum absolute atomic E-state index is 4.76. The first kappa shape index (κ1) is 33.3. The van der Waals surface area contributed by atoms with Crippen molar-refractivity contribution >= 4 is 65.2 Å². The molecule has 0 radical (unpaired) electrons. The van der Waals surface area contributed by atoms with Gasteiger partial charge in [-0.1, -0.05) is 152 Å². The van der Waals surface area contributed by atoms with E-state index < -0.39 is 0 Å². The fourth-order valence-corrected chi connectivity index (χ4v) is 9.36. The molecule has 59 heavy (non-hydrogen) atoms. The molecule has 0 amide bonds. The average molecular weight is 750 g/mol. The Kier molecular flexibility index (Phi) is 7.54. The normalized spacial score (nSPS) is 11.7. The maximum Gasteiger partial charge on any atom is 0.0971 e. The Morgan fingerprint density at radius 2 is 0.746 bits per heavy atom. The maximum atomic E-state index is 4.76. The van der Waals surface area contributed by atoms with Crippen LogP contribution in [0.2, 0.25) is 0 Å². The molecule has 2 heterocycles. The third-order valence-electron chi connectivity index (χ3n) is 12.1. The minimum absolute atomic E-state index is 0.937. The number of hydrogen-bond donors (Lipinski definition) is 0. The van der Waals surface area contributed by atoms with Gasteiger partial charge in [-0.2, -0.15) is 0 Å². The molecule has 274 valence electrons. The number of benzene rings is 10. The third kappa shape index (κ3) is 5.36. The summed E-state index contributed by atoms with van der Waals surface area (Å²) in [5.74, 6) is 0. The first-order valence-corrected chi connectivity index (χ1v) is 20.1. The van der Waals surface area contributed by atoms with Gasteiger partial charge in [-0.25, -0.2) is 0 Å². The molecule has 0 aliphatic carbocycles. The van der Waals surface area contributed by atoms with E-state index in [0.29, 0.717) is 0 Å². The van der Waals surface area contributed by atoms with E-state index in [1.54, 1.807) is 12.4 Å². The highest BCUT2D eigenvalue weighted by Gasteiger charge is 2.16. The lowest BCUT2D eigenvalue weighted by Gasteiger charge is -2.14. The van der Waals surface area contributed by atoms with Crippen LogP contribution in [0, 0.1) is 0 Å². The van der Waals surface area contributed by atoms with Gasteiger partial charge in [0.25, 0.3) is 0 Å². The summed E-state index contributed by atoms with van der Waals surface area (Å²) in [5.41, 5.74) is 15.1. The summed E-state index contributed by atoms with van der Waals surface area (Å²) < 4.78 is 2.37. The monoisotopic (exact) mass is 749 g/mol. The van der Waals surface area contributed by atoms with Gasteiger partial charge in [-0.05, 0) is 115 Å². The zero-order chi connectivity index (χ0) is 38.9. The van der Waals surface area contributed by atoms with Crippen LogP contribution in [0.15, 0.2) is 213 Å². The zero-order valence-corrected chi connectivity index (χ0v) is 32.0. The van der Waals surface area contributed by atoms with Crippen molar-refractivity contribution in [3.05, 3.63) is 213 Å². The summed E-state index contributed by atoms with van der Waals surface area (Å²) in [4.78, 5) is 9.47. The van der Waals surface area contributed by atoms with Crippen LogP contribution in [0.1, 0.15) is 0 Å². The highest BCUT2D eigenvalue weighted by molar-refractivity contribution is 6.23. The van der Waals surface area contributed by atoms with Crippen molar-refractivity contribution < 1.29 is 0 Å². The second-order valence-corrected chi connectivity index (χ2v) is 15.3. The average Bonchev–Trinajstić information content (AvgIpc) is 3.65. The van der Waals surface area contributed by atoms with E-state index in [-0.39, 0.29) is 0 Å². The van der Waals surface area contributed by atoms with E-state index >= 15 is 0 Å². The summed E-state index contributed by atoms with van der Waals surface area (Å²) in [5, 5.41) is 9.61. The van der Waals surface area contributed by atoms with Gasteiger partial charge in [-0.3, -0.25) is 9.97 Å². The number of nitrogens with zero attached hydrogens (tertiary/aromatic N) is 3. The molecule has 0 bridgehead atoms. The third-order valence-corrected chi connectivity index (χ3v) is 12.1. The summed E-state index contributed by atoms with van der Waals surface area (Å²) in [7, 11) is 0. The predicted octanol–water partition coefficient (Wildman–Crippen LogP) is 14.9. The van der Waals surface area contributed by atoms with Crippen molar-refractivity contribution in [3.63, 3.8) is 0 Å². The SMILES string of the molecule is c1ccc(-n2c3ccccc3c3cc(-c4cccc5c(-c6cccc(-c7cccc(-c8ccc9c(c8)c8ccccc8c8nccnc98)c7)c6)cccc45)ccc32)cc1. The zero-order valence-electron chi connectivity index (χ0n) is 32.0. The molecule has 0 unspecified atom stereocenters. The van der Waals surface area contributed by atoms with Crippen LogP contribution in [-0.4, -0.2) is 14.5 Å². The topological polar surface area (TPSA) is 30.7 Å². The number of para-hydroxylation sites is 2. The molecular weight excluding hydrogens is 715 g/mol. The van der Waals surface area contributed by atoms with Gasteiger partial charge < -0.3 is 4.57 Å². The van der Waals surface area contributed by atoms with Crippen molar-refractivity contribution in [1.82, 2.24) is 14.5 Å². The fourth-order valence-electron chi connectivity index (χ4n) is 9.36. The lowest BCUT2D eigenvalue weighted by molar-refractivity contribution is 1.18. The van der Waals surface area contributed by atoms with Gasteiger partial charge in [0.1, 0.15) is 0 Å². The largest absolute Gasteiger partial charge is 0.309 e. The Morgan fingerprint density at radius 1 is 0.271 bits per heavy atom. The highest BCUT2D eigenvalue weighted by Crippen LogP contribution is 2.40. The molecule has 3 heteroatoms. The molecule has 0 atom stereocenters. The van der Waals surface area contributed by atoms with Gasteiger partial charge in [-0.15, -0.1) is 0 Å². The van der Waals surface area contributed by atoms with Crippen LogP contribution in [0.3, 0.4) is 0 Å². The Morgan fingerprint density at radius 3 is 1.46 bits per heavy atom. The van der Waals surface area contributed by atoms with E-state index in [1.165, 1.54) is 93.5 Å². The fraction of sp³-hybridized carbons (Fsp3) is 0. The van der Waals surface area contributed by atoms with Crippen molar-refractivity contribution in [2.45, 2.75) is 0 Å². The number of aromatic nitrogens is 3. The Labute approximate surface area is 341 Å². The smallest absolute Gasteiger partial charge is 0.0971 e. The quantitative estimate of drug-likeness (QED) is 0.164. The predicted molar refractivity (Wildman–Crippen MR) is 248 cm³/mol. The molecule has 12 rings (SSSR count).